The first-order valence-corrected chi connectivity index (χ1v) is 7.24. The second-order valence-electron chi connectivity index (χ2n) is 5.50. The summed E-state index contributed by atoms with van der Waals surface area (Å²) in [5.41, 5.74) is 0. The maximum atomic E-state index is 13.0. The predicted molar refractivity (Wildman–Crippen MR) is 65.2 cm³/mol. The minimum Gasteiger partial charge on any atom is -0.300 e. The Labute approximate surface area is 166 Å². The van der Waals surface area contributed by atoms with Gasteiger partial charge in [-0.25, -0.2) is 19.4 Å². The van der Waals surface area contributed by atoms with Crippen molar-refractivity contribution in [3.05, 3.63) is 0 Å². The lowest BCUT2D eigenvalue weighted by molar-refractivity contribution is -0.432. The van der Waals surface area contributed by atoms with E-state index in [4.69, 9.17) is 0 Å². The molecule has 0 spiro atoms. The van der Waals surface area contributed by atoms with Crippen LogP contribution in [0, 0.1) is 0 Å². The molecule has 0 aromatic heterocycles. The number of alkyl halides is 14. The average molecular weight is 514 g/mol. The summed E-state index contributed by atoms with van der Waals surface area (Å²) in [5.74, 6) is -18.6. The summed E-state index contributed by atoms with van der Waals surface area (Å²) < 4.78 is 180. The van der Waals surface area contributed by atoms with Crippen molar-refractivity contribution >= 4 is 11.9 Å². The van der Waals surface area contributed by atoms with Crippen molar-refractivity contribution in [2.45, 2.75) is 62.5 Å². The molecule has 2 unspecified atom stereocenters. The molecule has 0 rings (SSSR count). The van der Waals surface area contributed by atoms with E-state index in [1.807, 2.05) is 0 Å². The largest absolute Gasteiger partial charge is 0.462 e. The quantitative estimate of drug-likeness (QED) is 0.272. The zero-order valence-corrected chi connectivity index (χ0v) is 14.9. The van der Waals surface area contributed by atoms with E-state index in [0.29, 0.717) is 0 Å². The molecule has 0 aromatic carbocycles. The van der Waals surface area contributed by atoms with E-state index in [1.165, 1.54) is 0 Å². The molecule has 2 atom stereocenters. The van der Waals surface area contributed by atoms with Crippen molar-refractivity contribution in [2.75, 3.05) is 0 Å². The third-order valence-corrected chi connectivity index (χ3v) is 2.96. The Balaban J connectivity index is 5.05. The Morgan fingerprint density at radius 1 is 0.531 bits per heavy atom. The highest BCUT2D eigenvalue weighted by molar-refractivity contribution is 5.77. The van der Waals surface area contributed by atoms with Gasteiger partial charge in [0.25, 0.3) is 0 Å². The zero-order chi connectivity index (χ0) is 26.1. The molecule has 0 amide bonds. The molecule has 0 saturated carbocycles. The molecule has 0 fully saturated rings. The molecule has 0 aromatic rings. The second-order valence-corrected chi connectivity index (χ2v) is 5.50. The topological polar surface area (TPSA) is 71.1 Å². The fourth-order valence-corrected chi connectivity index (χ4v) is 1.24. The van der Waals surface area contributed by atoms with Crippen LogP contribution in [-0.2, 0) is 28.8 Å². The Hall–Kier alpha value is -2.12. The van der Waals surface area contributed by atoms with Crippen LogP contribution in [0.15, 0.2) is 0 Å². The lowest BCUT2D eigenvalue weighted by atomic mass is 10.3. The van der Waals surface area contributed by atoms with Crippen LogP contribution in [0.5, 0.6) is 0 Å². The second kappa shape index (κ2) is 9.02. The molecule has 20 heteroatoms. The summed E-state index contributed by atoms with van der Waals surface area (Å²) >= 11 is 0. The summed E-state index contributed by atoms with van der Waals surface area (Å²) in [6, 6.07) is 0. The summed E-state index contributed by atoms with van der Waals surface area (Å²) in [4.78, 5) is 28.9. The molecule has 0 N–H and O–H groups in total. The first-order valence-electron chi connectivity index (χ1n) is 7.24. The number of hydrogen-bond acceptors (Lipinski definition) is 6. The van der Waals surface area contributed by atoms with E-state index < -0.39 is 60.6 Å². The Bertz CT molecular complexity index is 627. The summed E-state index contributed by atoms with van der Waals surface area (Å²) in [6.07, 6.45) is -32.6. The van der Waals surface area contributed by atoms with Crippen molar-refractivity contribution in [2.24, 2.45) is 0 Å². The fraction of sp³-hybridized carbons (Fsp3) is 0.833. The minimum absolute atomic E-state index is 0.0640. The molecule has 0 aliphatic rings. The normalized spacial score (nSPS) is 16.4. The van der Waals surface area contributed by atoms with Crippen molar-refractivity contribution in [3.63, 3.8) is 0 Å². The van der Waals surface area contributed by atoms with Crippen LogP contribution in [0.2, 0.25) is 0 Å². The Morgan fingerprint density at radius 2 is 0.750 bits per heavy atom. The minimum atomic E-state index is -6.86. The number of carbonyl (C=O) groups excluding carboxylic acids is 2. The highest BCUT2D eigenvalue weighted by Crippen LogP contribution is 2.48. The van der Waals surface area contributed by atoms with Crippen molar-refractivity contribution in [1.82, 2.24) is 0 Å². The SMILES string of the molecule is CC(OC(F)(F)C(F)(F)C(F)(F)F)C(=O)OOC(=O)C(C)OC(F)(F)C(F)(F)C(F)(F)F. The zero-order valence-electron chi connectivity index (χ0n) is 14.9. The van der Waals surface area contributed by atoms with E-state index in [9.17, 15) is 71.1 Å². The van der Waals surface area contributed by atoms with Gasteiger partial charge in [-0.05, 0) is 13.8 Å². The van der Waals surface area contributed by atoms with Crippen LogP contribution in [0.4, 0.5) is 61.5 Å². The molecule has 0 aliphatic heterocycles. The Morgan fingerprint density at radius 3 is 0.938 bits per heavy atom. The summed E-state index contributed by atoms with van der Waals surface area (Å²) in [6.45, 7) is 0.128. The van der Waals surface area contributed by atoms with Crippen LogP contribution in [0.25, 0.3) is 0 Å². The van der Waals surface area contributed by atoms with Crippen molar-refractivity contribution in [1.29, 1.82) is 0 Å². The van der Waals surface area contributed by atoms with Gasteiger partial charge in [-0.1, -0.05) is 0 Å². The standard InChI is InChI=1S/C12H8F14O6/c1-3(29-11(23,24)7(13,14)9(17,18)19)5(27)31-32-6(28)4(2)30-12(25,26)8(15,16)10(20,21)22/h3-4H,1-2H3. The van der Waals surface area contributed by atoms with Gasteiger partial charge in [-0.15, -0.1) is 0 Å². The molecule has 0 heterocycles. The first kappa shape index (κ1) is 29.9. The van der Waals surface area contributed by atoms with Gasteiger partial charge in [-0.3, -0.25) is 0 Å². The lowest BCUT2D eigenvalue weighted by Crippen LogP contribution is -2.55. The molecule has 0 radical (unpaired) electrons. The number of hydrogen-bond donors (Lipinski definition) is 0. The van der Waals surface area contributed by atoms with Crippen LogP contribution >= 0.6 is 0 Å². The first-order chi connectivity index (χ1) is 13.8. The van der Waals surface area contributed by atoms with E-state index >= 15 is 0 Å². The third-order valence-electron chi connectivity index (χ3n) is 2.96. The molecule has 0 aliphatic carbocycles. The molecule has 6 nitrogen and oxygen atoms in total. The Kier molecular flexibility index (Phi) is 8.42. The number of ether oxygens (including phenoxy) is 2. The van der Waals surface area contributed by atoms with E-state index in [0.717, 1.165) is 0 Å². The van der Waals surface area contributed by atoms with Crippen molar-refractivity contribution in [3.8, 4) is 0 Å². The fourth-order valence-electron chi connectivity index (χ4n) is 1.24. The van der Waals surface area contributed by atoms with Crippen LogP contribution in [0.3, 0.4) is 0 Å². The van der Waals surface area contributed by atoms with Gasteiger partial charge in [0.2, 0.25) is 0 Å². The smallest absolute Gasteiger partial charge is 0.300 e. The molecule has 190 valence electrons. The number of rotatable bonds is 8. The highest BCUT2D eigenvalue weighted by atomic mass is 19.4. The van der Waals surface area contributed by atoms with E-state index in [1.54, 1.807) is 0 Å². The van der Waals surface area contributed by atoms with Crippen LogP contribution in [-0.4, -0.2) is 60.6 Å². The van der Waals surface area contributed by atoms with Gasteiger partial charge in [0.1, 0.15) is 0 Å². The van der Waals surface area contributed by atoms with Gasteiger partial charge in [0, 0.05) is 0 Å². The number of carbonyl (C=O) groups is 2. The van der Waals surface area contributed by atoms with Gasteiger partial charge in [0.05, 0.1) is 0 Å². The maximum Gasteiger partial charge on any atom is 0.462 e. The maximum absolute atomic E-state index is 13.0. The molecule has 0 saturated heterocycles. The predicted octanol–water partition coefficient (Wildman–Crippen LogP) is 4.38. The van der Waals surface area contributed by atoms with Gasteiger partial charge in [0.15, 0.2) is 12.2 Å². The van der Waals surface area contributed by atoms with Gasteiger partial charge in [-0.2, -0.15) is 61.5 Å². The van der Waals surface area contributed by atoms with E-state index in [2.05, 4.69) is 19.2 Å². The lowest BCUT2D eigenvalue weighted by Gasteiger charge is -2.29. The van der Waals surface area contributed by atoms with Gasteiger partial charge >= 0.3 is 48.4 Å². The van der Waals surface area contributed by atoms with Crippen LogP contribution < -0.4 is 0 Å². The summed E-state index contributed by atoms with van der Waals surface area (Å²) in [7, 11) is 0. The van der Waals surface area contributed by atoms with Crippen molar-refractivity contribution < 1.29 is 90.3 Å². The van der Waals surface area contributed by atoms with Crippen LogP contribution in [0.1, 0.15) is 13.8 Å². The third kappa shape index (κ3) is 6.23. The van der Waals surface area contributed by atoms with Gasteiger partial charge < -0.3 is 9.47 Å². The van der Waals surface area contributed by atoms with E-state index in [-0.39, 0.29) is 13.8 Å². The number of halogens is 14. The molecule has 32 heavy (non-hydrogen) atoms. The molecular formula is C12H8F14O6. The monoisotopic (exact) mass is 514 g/mol. The average Bonchev–Trinajstić information content (AvgIpc) is 2.55. The highest BCUT2D eigenvalue weighted by Gasteiger charge is 2.76. The summed E-state index contributed by atoms with van der Waals surface area (Å²) in [5, 5.41) is 0. The molecular weight excluding hydrogens is 506 g/mol. The molecule has 0 bridgehead atoms.